The van der Waals surface area contributed by atoms with Gasteiger partial charge < -0.3 is 23.7 Å². The minimum atomic E-state index is -4.42. The Hall–Kier alpha value is -3.86. The third-order valence-corrected chi connectivity index (χ3v) is 12.2. The highest BCUT2D eigenvalue weighted by molar-refractivity contribution is 8.33. The van der Waals surface area contributed by atoms with Crippen molar-refractivity contribution in [2.45, 2.75) is 132 Å². The Morgan fingerprint density at radius 1 is 0.462 bits per heavy atom. The van der Waals surface area contributed by atoms with Gasteiger partial charge in [-0.1, -0.05) is 23.8 Å². The summed E-state index contributed by atoms with van der Waals surface area (Å²) in [7, 11) is -6.05. The Morgan fingerprint density at radius 3 is 1.25 bits per heavy atom. The lowest BCUT2D eigenvalue weighted by Gasteiger charge is -2.40. The summed E-state index contributed by atoms with van der Waals surface area (Å²) in [6.45, 7) is 25.4. The zero-order valence-electron chi connectivity index (χ0n) is 33.2. The molecule has 4 aromatic carbocycles. The molecule has 0 unspecified atom stereocenters. The normalized spacial score (nSPS) is 13.3. The van der Waals surface area contributed by atoms with Crippen LogP contribution in [0.3, 0.4) is 0 Å². The van der Waals surface area contributed by atoms with E-state index in [0.29, 0.717) is 43.4 Å². The van der Waals surface area contributed by atoms with Crippen molar-refractivity contribution in [3.05, 3.63) is 90.5 Å². The summed E-state index contributed by atoms with van der Waals surface area (Å²) < 4.78 is 67.5. The molecule has 0 fully saturated rings. The molecule has 0 bridgehead atoms. The van der Waals surface area contributed by atoms with Gasteiger partial charge in [0.05, 0.1) is 12.0 Å². The Morgan fingerprint density at radius 2 is 0.846 bits per heavy atom. The predicted octanol–water partition coefficient (Wildman–Crippen LogP) is 11.3. The third kappa shape index (κ3) is 10.6. The van der Waals surface area contributed by atoms with Crippen LogP contribution in [0.2, 0.25) is 0 Å². The van der Waals surface area contributed by atoms with Crippen molar-refractivity contribution in [3.63, 3.8) is 0 Å². The molecule has 0 radical (unpaired) electrons. The van der Waals surface area contributed by atoms with Crippen LogP contribution in [0, 0.1) is 6.92 Å². The van der Waals surface area contributed by atoms with Gasteiger partial charge >= 0.3 is 10.1 Å². The molecule has 0 aromatic heterocycles. The monoisotopic (exact) mass is 752 g/mol. The Labute approximate surface area is 313 Å². The van der Waals surface area contributed by atoms with E-state index in [0.717, 1.165) is 5.56 Å². The molecule has 0 amide bonds. The number of rotatable bonds is 11. The Bertz CT molecular complexity index is 1880. The highest BCUT2D eigenvalue weighted by atomic mass is 32.3. The minimum Gasteiger partial charge on any atom is -0.497 e. The SMILES string of the molecule is COc1cccc(S(OS(=O)(=O)c2ccc(C)cc2)(c2ccc(OC(C)(C)C)c(OC(C)(C)C)c2)c2ccc(OC(C)(C)C)c(OC(C)(C)C)c2)c1. The van der Waals surface area contributed by atoms with Gasteiger partial charge in [0, 0.05) is 14.7 Å². The summed E-state index contributed by atoms with van der Waals surface area (Å²) in [5, 5.41) is 0. The lowest BCUT2D eigenvalue weighted by atomic mass is 10.1. The molecule has 4 aromatic rings. The van der Waals surface area contributed by atoms with Gasteiger partial charge in [0.2, 0.25) is 0 Å². The van der Waals surface area contributed by atoms with E-state index in [-0.39, 0.29) is 4.90 Å². The molecule has 0 spiro atoms. The lowest BCUT2D eigenvalue weighted by Crippen LogP contribution is -2.27. The van der Waals surface area contributed by atoms with Gasteiger partial charge in [-0.3, -0.25) is 0 Å². The molecule has 0 N–H and O–H groups in total. The quantitative estimate of drug-likeness (QED) is 0.150. The van der Waals surface area contributed by atoms with Crippen LogP contribution in [0.5, 0.6) is 28.7 Å². The second kappa shape index (κ2) is 14.9. The highest BCUT2D eigenvalue weighted by Gasteiger charge is 2.41. The van der Waals surface area contributed by atoms with Crippen LogP contribution in [0.4, 0.5) is 0 Å². The van der Waals surface area contributed by atoms with Crippen molar-refractivity contribution >= 4 is 20.4 Å². The molecule has 0 heterocycles. The van der Waals surface area contributed by atoms with Gasteiger partial charge in [0.25, 0.3) is 0 Å². The van der Waals surface area contributed by atoms with E-state index >= 15 is 0 Å². The largest absolute Gasteiger partial charge is 0.497 e. The summed E-state index contributed by atoms with van der Waals surface area (Å²) in [5.41, 5.74) is -1.39. The number of hydrogen-bond acceptors (Lipinski definition) is 8. The standard InChI is InChI=1S/C42H56O8S2/c1-29-18-20-31(21-19-29)52(43,44)50-51(32-17-15-16-30(26-32)45-14,33-22-24-35(46-39(2,3)4)37(27-33)48-41(8,9)10)34-23-25-36(47-40(5,6)7)38(28-34)49-42(11,12)13/h15-28H,1-14H3. The maximum absolute atomic E-state index is 14.6. The van der Waals surface area contributed by atoms with E-state index in [4.69, 9.17) is 27.3 Å². The lowest BCUT2D eigenvalue weighted by molar-refractivity contribution is 0.0953. The Balaban J connectivity index is 2.20. The van der Waals surface area contributed by atoms with Crippen LogP contribution in [-0.4, -0.2) is 37.9 Å². The van der Waals surface area contributed by atoms with Crippen LogP contribution in [0.25, 0.3) is 0 Å². The molecule has 0 atom stereocenters. The van der Waals surface area contributed by atoms with E-state index in [9.17, 15) is 8.42 Å². The molecule has 10 heteroatoms. The number of hydrogen-bond donors (Lipinski definition) is 0. The number of benzene rings is 4. The van der Waals surface area contributed by atoms with Gasteiger partial charge in [-0.15, -0.1) is 0 Å². The van der Waals surface area contributed by atoms with Gasteiger partial charge in [-0.2, -0.15) is 8.42 Å². The average molecular weight is 753 g/mol. The topological polar surface area (TPSA) is 89.5 Å². The zero-order chi connectivity index (χ0) is 38.9. The predicted molar refractivity (Wildman–Crippen MR) is 209 cm³/mol. The van der Waals surface area contributed by atoms with E-state index in [1.54, 1.807) is 31.4 Å². The summed E-state index contributed by atoms with van der Waals surface area (Å²) in [5.74, 6) is 2.43. The third-order valence-electron chi connectivity index (χ3n) is 7.03. The molecule has 52 heavy (non-hydrogen) atoms. The first-order valence-corrected chi connectivity index (χ1v) is 20.3. The van der Waals surface area contributed by atoms with Crippen LogP contribution < -0.4 is 23.7 Å². The molecule has 0 saturated heterocycles. The first-order valence-electron chi connectivity index (χ1n) is 17.3. The molecular weight excluding hydrogens is 697 g/mol. The van der Waals surface area contributed by atoms with Crippen molar-refractivity contribution in [2.24, 2.45) is 0 Å². The van der Waals surface area contributed by atoms with Gasteiger partial charge in [0.1, 0.15) is 28.2 Å². The molecule has 0 aliphatic carbocycles. The molecule has 0 saturated carbocycles. The van der Waals surface area contributed by atoms with E-state index in [1.807, 2.05) is 151 Å². The average Bonchev–Trinajstić information content (AvgIpc) is 2.99. The highest BCUT2D eigenvalue weighted by Crippen LogP contribution is 2.72. The Kier molecular flexibility index (Phi) is 11.7. The maximum Gasteiger partial charge on any atom is 0.307 e. The van der Waals surface area contributed by atoms with Crippen LogP contribution in [0.15, 0.2) is 105 Å². The van der Waals surface area contributed by atoms with E-state index in [2.05, 4.69) is 0 Å². The fraction of sp³-hybridized carbons (Fsp3) is 0.429. The van der Waals surface area contributed by atoms with Crippen LogP contribution >= 0.6 is 10.3 Å². The molecule has 0 aliphatic heterocycles. The fourth-order valence-electron chi connectivity index (χ4n) is 5.17. The molecule has 0 aliphatic rings. The summed E-state index contributed by atoms with van der Waals surface area (Å²) in [4.78, 5) is 1.68. The fourth-order valence-corrected chi connectivity index (χ4v) is 10.4. The van der Waals surface area contributed by atoms with E-state index < -0.39 is 42.8 Å². The minimum absolute atomic E-state index is 0.0237. The smallest absolute Gasteiger partial charge is 0.307 e. The van der Waals surface area contributed by atoms with Gasteiger partial charge in [-0.05, 0) is 167 Å². The van der Waals surface area contributed by atoms with Crippen molar-refractivity contribution < 1.29 is 35.7 Å². The van der Waals surface area contributed by atoms with Gasteiger partial charge in [-0.25, -0.2) is 3.63 Å². The first kappa shape index (κ1) is 40.9. The first-order chi connectivity index (χ1) is 23.8. The van der Waals surface area contributed by atoms with Crippen molar-refractivity contribution in [1.82, 2.24) is 0 Å². The zero-order valence-corrected chi connectivity index (χ0v) is 34.8. The molecule has 8 nitrogen and oxygen atoms in total. The molecule has 4 rings (SSSR count). The van der Waals surface area contributed by atoms with Crippen molar-refractivity contribution in [2.75, 3.05) is 7.11 Å². The second-order valence-electron chi connectivity index (χ2n) is 16.6. The summed E-state index contributed by atoms with van der Waals surface area (Å²) >= 11 is 0. The van der Waals surface area contributed by atoms with Crippen LogP contribution in [0.1, 0.15) is 88.6 Å². The number of methoxy groups -OCH3 is 1. The summed E-state index contributed by atoms with van der Waals surface area (Å²) in [6.07, 6.45) is 0. The van der Waals surface area contributed by atoms with Crippen molar-refractivity contribution in [3.8, 4) is 28.7 Å². The van der Waals surface area contributed by atoms with Gasteiger partial charge in [0.15, 0.2) is 23.0 Å². The van der Waals surface area contributed by atoms with E-state index in [1.165, 1.54) is 0 Å². The molecular formula is C42H56O8S2. The maximum atomic E-state index is 14.6. The number of ether oxygens (including phenoxy) is 5. The summed E-state index contributed by atoms with van der Waals surface area (Å²) in [6, 6.07) is 24.9. The van der Waals surface area contributed by atoms with Crippen molar-refractivity contribution in [1.29, 1.82) is 0 Å². The number of aryl methyl sites for hydroxylation is 1. The van der Waals surface area contributed by atoms with Crippen LogP contribution in [-0.2, 0) is 13.7 Å². The second-order valence-corrected chi connectivity index (χ2v) is 21.1. The molecule has 284 valence electrons.